The zero-order valence-corrected chi connectivity index (χ0v) is 14.4. The number of benzene rings is 2. The third-order valence-corrected chi connectivity index (χ3v) is 3.79. The molecular formula is C16H15N7O4. The zero-order valence-electron chi connectivity index (χ0n) is 14.4. The zero-order chi connectivity index (χ0) is 19.7. The molecule has 0 atom stereocenters. The van der Waals surface area contributed by atoms with Crippen molar-refractivity contribution in [3.63, 3.8) is 0 Å². The van der Waals surface area contributed by atoms with Crippen LogP contribution in [0.1, 0.15) is 11.1 Å². The first-order valence-corrected chi connectivity index (χ1v) is 7.75. The van der Waals surface area contributed by atoms with Crippen molar-refractivity contribution in [3.05, 3.63) is 74.7 Å². The van der Waals surface area contributed by atoms with Crippen LogP contribution in [0.2, 0.25) is 0 Å². The van der Waals surface area contributed by atoms with Gasteiger partial charge in [0.1, 0.15) is 0 Å². The van der Waals surface area contributed by atoms with Crippen LogP contribution in [0.4, 0.5) is 5.95 Å². The number of hydrogen-bond acceptors (Lipinski definition) is 7. The van der Waals surface area contributed by atoms with Gasteiger partial charge in [-0.2, -0.15) is 0 Å². The molecule has 0 fully saturated rings. The highest BCUT2D eigenvalue weighted by Crippen LogP contribution is 2.08. The highest BCUT2D eigenvalue weighted by molar-refractivity contribution is 5.69. The lowest BCUT2D eigenvalue weighted by molar-refractivity contribution is -0.680. The number of rotatable bonds is 0. The van der Waals surface area contributed by atoms with Gasteiger partial charge in [-0.05, 0) is 37.1 Å². The first-order chi connectivity index (χ1) is 12.8. The van der Waals surface area contributed by atoms with E-state index in [4.69, 9.17) is 5.73 Å². The second-order valence-electron chi connectivity index (χ2n) is 5.84. The van der Waals surface area contributed by atoms with Crippen molar-refractivity contribution in [3.8, 4) is 0 Å². The van der Waals surface area contributed by atoms with Crippen LogP contribution >= 0.6 is 0 Å². The first-order valence-electron chi connectivity index (χ1n) is 7.75. The van der Waals surface area contributed by atoms with Crippen LogP contribution in [0.5, 0.6) is 0 Å². The number of anilines is 1. The Morgan fingerprint density at radius 3 is 1.96 bits per heavy atom. The van der Waals surface area contributed by atoms with Gasteiger partial charge in [0, 0.05) is 17.0 Å². The van der Waals surface area contributed by atoms with E-state index in [0.29, 0.717) is 24.7 Å². The molecule has 0 spiro atoms. The average molecular weight is 369 g/mol. The molecule has 2 aromatic carbocycles. The molecule has 27 heavy (non-hydrogen) atoms. The van der Waals surface area contributed by atoms with Gasteiger partial charge >= 0.3 is 17.8 Å². The summed E-state index contributed by atoms with van der Waals surface area (Å²) in [6, 6.07) is 9.87. The summed E-state index contributed by atoms with van der Waals surface area (Å²) in [5.74, 6) is -0.351. The van der Waals surface area contributed by atoms with E-state index in [2.05, 4.69) is 10.2 Å². The lowest BCUT2D eigenvalue weighted by Gasteiger charge is -2.06. The molecular weight excluding hydrogens is 354 g/mol. The van der Waals surface area contributed by atoms with Crippen molar-refractivity contribution in [2.45, 2.75) is 13.8 Å². The second kappa shape index (κ2) is 6.71. The van der Waals surface area contributed by atoms with Gasteiger partial charge in [0.2, 0.25) is 15.7 Å². The normalized spacial score (nSPS) is 10.6. The third kappa shape index (κ3) is 3.38. The molecule has 2 aromatic heterocycles. The number of nitrogen functional groups attached to an aromatic ring is 1. The fourth-order valence-corrected chi connectivity index (χ4v) is 2.46. The summed E-state index contributed by atoms with van der Waals surface area (Å²) in [4.78, 5) is 0.794. The lowest BCUT2D eigenvalue weighted by atomic mass is 10.2. The molecule has 0 unspecified atom stereocenters. The Kier molecular flexibility index (Phi) is 4.42. The minimum Gasteiger partial charge on any atom is -0.739 e. The average Bonchev–Trinajstić information content (AvgIpc) is 2.63. The molecule has 138 valence electrons. The van der Waals surface area contributed by atoms with Crippen LogP contribution in [0, 0.1) is 34.7 Å². The molecule has 11 nitrogen and oxygen atoms in total. The van der Waals surface area contributed by atoms with Crippen LogP contribution in [-0.4, -0.2) is 10.2 Å². The Labute approximate surface area is 152 Å². The summed E-state index contributed by atoms with van der Waals surface area (Å²) in [6.45, 7) is 3.67. The summed E-state index contributed by atoms with van der Waals surface area (Å²) in [5, 5.41) is 51.6. The van der Waals surface area contributed by atoms with E-state index in [-0.39, 0.29) is 22.5 Å². The second-order valence-corrected chi connectivity index (χ2v) is 5.84. The molecule has 4 rings (SSSR count). The van der Waals surface area contributed by atoms with Gasteiger partial charge in [0.25, 0.3) is 5.52 Å². The Hall–Kier alpha value is -4.02. The fraction of sp³-hybridized carbons (Fsp3) is 0.125. The highest BCUT2D eigenvalue weighted by Gasteiger charge is 2.16. The standard InChI is InChI=1S/C8H8N4O2.C8H7N3O2/c1-5-2-3-6-7(4-5)12(14)10-8(9)11(6)13;1-6-2-3-7-8(4-6)11(13)9-5-10(7)12/h2-4H,1H3,(H2,9,10);2-5H,1H3. The minimum atomic E-state index is -0.351. The van der Waals surface area contributed by atoms with Gasteiger partial charge in [-0.3, -0.25) is 5.73 Å². The Balaban J connectivity index is 0.000000156. The minimum absolute atomic E-state index is 0.217. The SMILES string of the molecule is Cc1ccc2c(c1)[n+]([O-])nc(N)[n+]2[O-].Cc1ccc2c(c1)[n+]([O-])nc[n+]2[O-]. The molecule has 0 saturated carbocycles. The van der Waals surface area contributed by atoms with Gasteiger partial charge in [-0.1, -0.05) is 12.1 Å². The largest absolute Gasteiger partial charge is 0.739 e. The summed E-state index contributed by atoms with van der Waals surface area (Å²) >= 11 is 0. The molecule has 0 aliphatic rings. The van der Waals surface area contributed by atoms with Crippen LogP contribution in [-0.2, 0) is 0 Å². The molecule has 0 amide bonds. The Morgan fingerprint density at radius 2 is 1.33 bits per heavy atom. The molecule has 0 saturated heterocycles. The van der Waals surface area contributed by atoms with Crippen LogP contribution in [0.15, 0.2) is 42.7 Å². The number of nitrogens with zero attached hydrogens (tertiary/aromatic N) is 6. The van der Waals surface area contributed by atoms with Crippen molar-refractivity contribution in [2.24, 2.45) is 0 Å². The van der Waals surface area contributed by atoms with Crippen LogP contribution < -0.4 is 24.9 Å². The van der Waals surface area contributed by atoms with Crippen molar-refractivity contribution < 1.29 is 19.2 Å². The summed E-state index contributed by atoms with van der Waals surface area (Å²) in [7, 11) is 0. The molecule has 2 heterocycles. The smallest absolute Gasteiger partial charge is 0.458 e. The van der Waals surface area contributed by atoms with Gasteiger partial charge in [0.05, 0.1) is 4.85 Å². The number of aromatic nitrogens is 6. The van der Waals surface area contributed by atoms with E-state index in [1.807, 2.05) is 13.8 Å². The summed E-state index contributed by atoms with van der Waals surface area (Å²) < 4.78 is 1.01. The monoisotopic (exact) mass is 369 g/mol. The maximum Gasteiger partial charge on any atom is 0.458 e. The van der Waals surface area contributed by atoms with Crippen molar-refractivity contribution in [1.82, 2.24) is 10.2 Å². The summed E-state index contributed by atoms with van der Waals surface area (Å²) in [5.41, 5.74) is 8.10. The van der Waals surface area contributed by atoms with Crippen molar-refractivity contribution >= 4 is 28.0 Å². The maximum atomic E-state index is 11.4. The number of nitrogens with two attached hydrogens (primary N) is 1. The number of hydrogen-bond donors (Lipinski definition) is 1. The van der Waals surface area contributed by atoms with Gasteiger partial charge < -0.3 is 20.8 Å². The van der Waals surface area contributed by atoms with E-state index in [1.54, 1.807) is 36.4 Å². The molecule has 0 aliphatic heterocycles. The predicted molar refractivity (Wildman–Crippen MR) is 93.2 cm³/mol. The predicted octanol–water partition coefficient (Wildman–Crippen LogP) is -0.798. The van der Waals surface area contributed by atoms with Gasteiger partial charge in [-0.15, -0.1) is 0 Å². The molecule has 0 aliphatic carbocycles. The highest BCUT2D eigenvalue weighted by atomic mass is 16.5. The topological polar surface area (TPSA) is 160 Å². The van der Waals surface area contributed by atoms with E-state index in [0.717, 1.165) is 17.5 Å². The van der Waals surface area contributed by atoms with E-state index < -0.39 is 0 Å². The van der Waals surface area contributed by atoms with E-state index in [1.165, 1.54) is 0 Å². The van der Waals surface area contributed by atoms with Crippen molar-refractivity contribution in [1.29, 1.82) is 0 Å². The van der Waals surface area contributed by atoms with Crippen LogP contribution in [0.25, 0.3) is 22.1 Å². The van der Waals surface area contributed by atoms with Crippen LogP contribution in [0.3, 0.4) is 0 Å². The number of fused-ring (bicyclic) bond motifs is 2. The Bertz CT molecular complexity index is 1170. The molecule has 4 aromatic rings. The molecule has 0 radical (unpaired) electrons. The van der Waals surface area contributed by atoms with Gasteiger partial charge in [-0.25, -0.2) is 9.46 Å². The fourth-order valence-electron chi connectivity index (χ4n) is 2.46. The molecule has 0 bridgehead atoms. The van der Waals surface area contributed by atoms with E-state index >= 15 is 0 Å². The van der Waals surface area contributed by atoms with E-state index in [9.17, 15) is 20.8 Å². The molecule has 2 N–H and O–H groups in total. The number of aryl methyl sites for hydroxylation is 2. The Morgan fingerprint density at radius 1 is 0.778 bits per heavy atom. The first kappa shape index (κ1) is 17.8. The third-order valence-electron chi connectivity index (χ3n) is 3.79. The molecule has 11 heteroatoms. The lowest BCUT2D eigenvalue weighted by Crippen LogP contribution is -2.44. The maximum absolute atomic E-state index is 11.4. The van der Waals surface area contributed by atoms with Crippen molar-refractivity contribution in [2.75, 3.05) is 5.73 Å². The summed E-state index contributed by atoms with van der Waals surface area (Å²) in [6.07, 6.45) is 0.949. The van der Waals surface area contributed by atoms with Gasteiger partial charge in [0.15, 0.2) is 5.52 Å². The quantitative estimate of drug-likeness (QED) is 0.314.